The molecule has 0 saturated heterocycles. The molecular formula is C12H16BrF2Na2O3PS. The molecule has 10 heteroatoms. The van der Waals surface area contributed by atoms with Gasteiger partial charge < -0.3 is 9.79 Å². The fraction of sp³-hybridized carbons (Fsp3) is 0.500. The van der Waals surface area contributed by atoms with Crippen LogP contribution in [0.5, 0.6) is 0 Å². The summed E-state index contributed by atoms with van der Waals surface area (Å²) in [6.45, 7) is 1.91. The summed E-state index contributed by atoms with van der Waals surface area (Å²) in [5.41, 5.74) is -4.17. The second-order valence-corrected chi connectivity index (χ2v) is 8.63. The third kappa shape index (κ3) is 4.82. The van der Waals surface area contributed by atoms with Gasteiger partial charge in [0, 0.05) is 14.8 Å². The Kier molecular flexibility index (Phi) is 8.94. The number of benzene rings is 1. The predicted octanol–water partition coefficient (Wildman–Crippen LogP) is 2.93. The average Bonchev–Trinajstić information content (AvgIpc) is 3.10. The molecule has 116 valence electrons. The molecule has 1 aliphatic carbocycles. The molecule has 2 N–H and O–H groups in total. The van der Waals surface area contributed by atoms with E-state index in [4.69, 9.17) is 9.79 Å². The van der Waals surface area contributed by atoms with Gasteiger partial charge in [-0.25, -0.2) is 0 Å². The van der Waals surface area contributed by atoms with Crippen LogP contribution in [0.3, 0.4) is 0 Å². The van der Waals surface area contributed by atoms with E-state index in [1.54, 1.807) is 0 Å². The summed E-state index contributed by atoms with van der Waals surface area (Å²) in [5, 5.41) is 0. The second-order valence-electron chi connectivity index (χ2n) is 5.20. The van der Waals surface area contributed by atoms with Crippen LogP contribution < -0.4 is 0 Å². The maximum atomic E-state index is 13.7. The van der Waals surface area contributed by atoms with E-state index in [9.17, 15) is 13.3 Å². The van der Waals surface area contributed by atoms with E-state index >= 15 is 0 Å². The van der Waals surface area contributed by atoms with E-state index < -0.39 is 23.6 Å². The van der Waals surface area contributed by atoms with Gasteiger partial charge in [-0.3, -0.25) is 4.57 Å². The molecule has 0 amide bonds. The van der Waals surface area contributed by atoms with Crippen LogP contribution in [0.25, 0.3) is 0 Å². The average molecular weight is 435 g/mol. The molecule has 1 aromatic carbocycles. The van der Waals surface area contributed by atoms with Gasteiger partial charge in [-0.2, -0.15) is 21.4 Å². The van der Waals surface area contributed by atoms with E-state index in [1.165, 1.54) is 12.1 Å². The van der Waals surface area contributed by atoms with E-state index in [-0.39, 0.29) is 63.6 Å². The first-order valence-electron chi connectivity index (χ1n) is 5.94. The van der Waals surface area contributed by atoms with E-state index in [0.29, 0.717) is 5.92 Å². The molecule has 1 atom stereocenters. The zero-order valence-corrected chi connectivity index (χ0v) is 13.9. The summed E-state index contributed by atoms with van der Waals surface area (Å²) < 4.78 is 37.9. The molecule has 1 aliphatic rings. The first kappa shape index (κ1) is 24.1. The number of thiol groups is 1. The van der Waals surface area contributed by atoms with Crippen LogP contribution in [-0.2, 0) is 15.0 Å². The molecule has 22 heavy (non-hydrogen) atoms. The molecule has 1 unspecified atom stereocenters. The Labute approximate surface area is 186 Å². The molecule has 0 bridgehead atoms. The summed E-state index contributed by atoms with van der Waals surface area (Å²) in [5.74, 6) is 0.394. The van der Waals surface area contributed by atoms with Gasteiger partial charge in [-0.15, -0.1) is 0 Å². The molecule has 0 radical (unpaired) electrons. The Morgan fingerprint density at radius 1 is 1.32 bits per heavy atom. The molecule has 0 spiro atoms. The topological polar surface area (TPSA) is 57.5 Å². The summed E-state index contributed by atoms with van der Waals surface area (Å²) in [4.78, 5) is 17.6. The normalized spacial score (nSPS) is 18.0. The molecule has 1 fully saturated rings. The van der Waals surface area contributed by atoms with Crippen LogP contribution in [-0.4, -0.2) is 68.9 Å². The fourth-order valence-electron chi connectivity index (χ4n) is 2.11. The van der Waals surface area contributed by atoms with Crippen molar-refractivity contribution in [2.24, 2.45) is 5.92 Å². The molecule has 1 saturated carbocycles. The molecule has 0 heterocycles. The van der Waals surface area contributed by atoms with Gasteiger partial charge in [0.15, 0.2) is 0 Å². The number of alkyl halides is 2. The third-order valence-corrected chi connectivity index (χ3v) is 5.87. The zero-order valence-electron chi connectivity index (χ0n) is 10.6. The summed E-state index contributed by atoms with van der Waals surface area (Å²) >= 11 is 7.56. The number of hydrogen-bond donors (Lipinski definition) is 3. The van der Waals surface area contributed by atoms with E-state index in [1.807, 2.05) is 6.92 Å². The van der Waals surface area contributed by atoms with Crippen LogP contribution in [0, 0.1) is 5.92 Å². The summed E-state index contributed by atoms with van der Waals surface area (Å²) in [6.07, 6.45) is 2.08. The first-order valence-corrected chi connectivity index (χ1v) is 8.79. The fourth-order valence-corrected chi connectivity index (χ4v) is 3.80. The van der Waals surface area contributed by atoms with Crippen molar-refractivity contribution < 1.29 is 23.1 Å². The van der Waals surface area contributed by atoms with Crippen LogP contribution in [0.1, 0.15) is 30.9 Å². The molecule has 2 rings (SSSR count). The van der Waals surface area contributed by atoms with Gasteiger partial charge in [0.25, 0.3) is 0 Å². The maximum absolute atomic E-state index is 13.7. The monoisotopic (exact) mass is 434 g/mol. The molecule has 3 nitrogen and oxygen atoms in total. The van der Waals surface area contributed by atoms with Crippen molar-refractivity contribution >= 4 is 95.3 Å². The van der Waals surface area contributed by atoms with Gasteiger partial charge in [-0.1, -0.05) is 28.1 Å². The quantitative estimate of drug-likeness (QED) is 0.388. The van der Waals surface area contributed by atoms with Crippen molar-refractivity contribution in [2.45, 2.75) is 30.2 Å². The second kappa shape index (κ2) is 8.17. The van der Waals surface area contributed by atoms with E-state index in [0.717, 1.165) is 24.5 Å². The van der Waals surface area contributed by atoms with Crippen LogP contribution >= 0.6 is 36.2 Å². The predicted molar refractivity (Wildman–Crippen MR) is 93.4 cm³/mol. The standard InChI is InChI=1S/C12H14BrF2O3PS.2Na.2H/c1-11(20,7-2-3-7)8-4-5-9(10(13)6-8)12(14,15)19(16,17)18;;;;/h4-7,20H,2-3H2,1H3,(H2,16,17,18);;;;. The van der Waals surface area contributed by atoms with Gasteiger partial charge >= 0.3 is 72.4 Å². The Morgan fingerprint density at radius 2 is 1.82 bits per heavy atom. The number of hydrogen-bond acceptors (Lipinski definition) is 2. The molecule has 1 aromatic rings. The van der Waals surface area contributed by atoms with Crippen molar-refractivity contribution in [1.29, 1.82) is 0 Å². The van der Waals surface area contributed by atoms with Gasteiger partial charge in [0.1, 0.15) is 0 Å². The van der Waals surface area contributed by atoms with Gasteiger partial charge in [-0.05, 0) is 37.3 Å². The number of halogens is 3. The van der Waals surface area contributed by atoms with Crippen molar-refractivity contribution in [3.05, 3.63) is 33.8 Å². The zero-order chi connectivity index (χ0) is 15.3. The van der Waals surface area contributed by atoms with Crippen molar-refractivity contribution in [2.75, 3.05) is 0 Å². The van der Waals surface area contributed by atoms with Crippen LogP contribution in [0.4, 0.5) is 8.78 Å². The summed E-state index contributed by atoms with van der Waals surface area (Å²) in [6, 6.07) is 3.97. The van der Waals surface area contributed by atoms with Crippen LogP contribution in [0.15, 0.2) is 22.7 Å². The Balaban J connectivity index is 0.00000220. The van der Waals surface area contributed by atoms with Crippen molar-refractivity contribution in [3.63, 3.8) is 0 Å². The minimum atomic E-state index is -5.56. The number of rotatable bonds is 4. The molecule has 0 aliphatic heterocycles. The Morgan fingerprint density at radius 3 is 2.18 bits per heavy atom. The Hall–Kier alpha value is 2.06. The van der Waals surface area contributed by atoms with Crippen molar-refractivity contribution in [3.8, 4) is 0 Å². The third-order valence-electron chi connectivity index (χ3n) is 3.62. The van der Waals surface area contributed by atoms with Crippen LogP contribution in [0.2, 0.25) is 0 Å². The van der Waals surface area contributed by atoms with E-state index in [2.05, 4.69) is 28.6 Å². The van der Waals surface area contributed by atoms with Gasteiger partial charge in [0.05, 0.1) is 0 Å². The SMILES string of the molecule is CC(S)(c1ccc(C(F)(F)P(=O)(O)O)c(Br)c1)C1CC1.[NaH].[NaH]. The molecule has 0 aromatic heterocycles. The summed E-state index contributed by atoms with van der Waals surface area (Å²) in [7, 11) is -5.56. The van der Waals surface area contributed by atoms with Gasteiger partial charge in [0.2, 0.25) is 0 Å². The molecular weight excluding hydrogens is 419 g/mol. The Bertz CT molecular complexity index is 594. The van der Waals surface area contributed by atoms with Crippen molar-refractivity contribution in [1.82, 2.24) is 0 Å². The first-order chi connectivity index (χ1) is 8.98. The minimum absolute atomic E-state index is 0.